The molecule has 1 aliphatic rings. The van der Waals surface area contributed by atoms with Gasteiger partial charge in [-0.1, -0.05) is 32.0 Å². The highest BCUT2D eigenvalue weighted by molar-refractivity contribution is 5.98. The molecule has 1 N–H and O–H groups in total. The first kappa shape index (κ1) is 12.1. The molecule has 0 aromatic heterocycles. The molecule has 1 amide bonds. The molecular weight excluding hydrogens is 214 g/mol. The summed E-state index contributed by atoms with van der Waals surface area (Å²) in [6.07, 6.45) is 0.843. The Balaban J connectivity index is 2.18. The highest BCUT2D eigenvalue weighted by Crippen LogP contribution is 2.26. The second-order valence-corrected chi connectivity index (χ2v) is 5.06. The summed E-state index contributed by atoms with van der Waals surface area (Å²) in [6.45, 7) is 4.89. The number of carbonyl (C=O) groups is 1. The first-order valence-electron chi connectivity index (χ1n) is 6.13. The summed E-state index contributed by atoms with van der Waals surface area (Å²) >= 11 is 0. The van der Waals surface area contributed by atoms with Crippen molar-refractivity contribution in [2.24, 2.45) is 5.92 Å². The van der Waals surface area contributed by atoms with Crippen LogP contribution in [0.2, 0.25) is 0 Å². The van der Waals surface area contributed by atoms with Crippen LogP contribution in [0, 0.1) is 5.92 Å². The van der Waals surface area contributed by atoms with Crippen LogP contribution < -0.4 is 0 Å². The molecule has 0 fully saturated rings. The summed E-state index contributed by atoms with van der Waals surface area (Å²) < 4.78 is 0. The molecular formula is C14H19NO2. The van der Waals surface area contributed by atoms with Gasteiger partial charge in [0.05, 0.1) is 12.6 Å². The Morgan fingerprint density at radius 2 is 2.06 bits per heavy atom. The molecule has 0 spiro atoms. The van der Waals surface area contributed by atoms with Crippen molar-refractivity contribution >= 4 is 5.91 Å². The normalized spacial score (nSPS) is 16.5. The molecule has 0 unspecified atom stereocenters. The van der Waals surface area contributed by atoms with Crippen molar-refractivity contribution in [3.63, 3.8) is 0 Å². The highest BCUT2D eigenvalue weighted by Gasteiger charge is 2.32. The number of rotatable bonds is 4. The van der Waals surface area contributed by atoms with Crippen LogP contribution in [0.15, 0.2) is 24.3 Å². The molecule has 92 valence electrons. The monoisotopic (exact) mass is 233 g/mol. The van der Waals surface area contributed by atoms with E-state index in [4.69, 9.17) is 0 Å². The van der Waals surface area contributed by atoms with E-state index in [0.717, 1.165) is 17.5 Å². The molecule has 0 saturated heterocycles. The summed E-state index contributed by atoms with van der Waals surface area (Å²) in [5, 5.41) is 9.44. The lowest BCUT2D eigenvalue weighted by molar-refractivity contribution is 0.0582. The third-order valence-electron chi connectivity index (χ3n) is 3.24. The molecule has 1 aromatic carbocycles. The lowest BCUT2D eigenvalue weighted by atomic mass is 10.0. The molecule has 1 heterocycles. The van der Waals surface area contributed by atoms with E-state index in [0.29, 0.717) is 12.5 Å². The molecule has 0 bridgehead atoms. The van der Waals surface area contributed by atoms with Gasteiger partial charge in [-0.3, -0.25) is 4.79 Å². The van der Waals surface area contributed by atoms with Crippen LogP contribution in [0.4, 0.5) is 0 Å². The lowest BCUT2D eigenvalue weighted by Gasteiger charge is -2.27. The van der Waals surface area contributed by atoms with Crippen LogP contribution in [-0.2, 0) is 6.54 Å². The Morgan fingerprint density at radius 1 is 1.35 bits per heavy atom. The Morgan fingerprint density at radius 3 is 2.65 bits per heavy atom. The van der Waals surface area contributed by atoms with Crippen LogP contribution in [0.5, 0.6) is 0 Å². The molecule has 1 aromatic rings. The van der Waals surface area contributed by atoms with E-state index >= 15 is 0 Å². The van der Waals surface area contributed by atoms with Crippen LogP contribution in [0.3, 0.4) is 0 Å². The van der Waals surface area contributed by atoms with E-state index < -0.39 is 0 Å². The van der Waals surface area contributed by atoms with Gasteiger partial charge >= 0.3 is 0 Å². The van der Waals surface area contributed by atoms with E-state index in [2.05, 4.69) is 13.8 Å². The summed E-state index contributed by atoms with van der Waals surface area (Å²) in [6, 6.07) is 7.62. The van der Waals surface area contributed by atoms with Crippen LogP contribution in [0.25, 0.3) is 0 Å². The standard InChI is InChI=1S/C14H19NO2/c1-10(2)7-12(9-16)15-8-11-5-3-4-6-13(11)14(15)17/h3-6,10,12,16H,7-9H2,1-2H3/t12-/m0/s1. The zero-order valence-corrected chi connectivity index (χ0v) is 10.4. The third kappa shape index (κ3) is 2.34. The van der Waals surface area contributed by atoms with Gasteiger partial charge in [-0.25, -0.2) is 0 Å². The van der Waals surface area contributed by atoms with Crippen LogP contribution in [-0.4, -0.2) is 28.6 Å². The summed E-state index contributed by atoms with van der Waals surface area (Å²) in [5.41, 5.74) is 1.86. The van der Waals surface area contributed by atoms with E-state index in [-0.39, 0.29) is 18.6 Å². The molecule has 0 aliphatic carbocycles. The molecule has 1 aliphatic heterocycles. The Hall–Kier alpha value is -1.35. The zero-order chi connectivity index (χ0) is 12.4. The second-order valence-electron chi connectivity index (χ2n) is 5.06. The smallest absolute Gasteiger partial charge is 0.254 e. The van der Waals surface area contributed by atoms with Crippen LogP contribution in [0.1, 0.15) is 36.2 Å². The largest absolute Gasteiger partial charge is 0.394 e. The highest BCUT2D eigenvalue weighted by atomic mass is 16.3. The van der Waals surface area contributed by atoms with Crippen molar-refractivity contribution in [3.8, 4) is 0 Å². The van der Waals surface area contributed by atoms with Gasteiger partial charge in [0.15, 0.2) is 0 Å². The number of fused-ring (bicyclic) bond motifs is 1. The van der Waals surface area contributed by atoms with Crippen molar-refractivity contribution < 1.29 is 9.90 Å². The van der Waals surface area contributed by atoms with E-state index in [9.17, 15) is 9.90 Å². The minimum absolute atomic E-state index is 0.0396. The first-order valence-corrected chi connectivity index (χ1v) is 6.13. The van der Waals surface area contributed by atoms with E-state index in [1.54, 1.807) is 4.90 Å². The number of nitrogens with zero attached hydrogens (tertiary/aromatic N) is 1. The Labute approximate surface area is 102 Å². The summed E-state index contributed by atoms with van der Waals surface area (Å²) in [4.78, 5) is 14.0. The van der Waals surface area contributed by atoms with Crippen molar-refractivity contribution in [1.29, 1.82) is 0 Å². The molecule has 1 atom stereocenters. The maximum Gasteiger partial charge on any atom is 0.254 e. The van der Waals surface area contributed by atoms with Gasteiger partial charge in [-0.15, -0.1) is 0 Å². The number of carbonyl (C=O) groups excluding carboxylic acids is 1. The van der Waals surface area contributed by atoms with Crippen molar-refractivity contribution in [3.05, 3.63) is 35.4 Å². The molecule has 3 heteroatoms. The Bertz CT molecular complexity index is 414. The van der Waals surface area contributed by atoms with E-state index in [1.807, 2.05) is 24.3 Å². The third-order valence-corrected chi connectivity index (χ3v) is 3.24. The minimum atomic E-state index is -0.0603. The number of amides is 1. The minimum Gasteiger partial charge on any atom is -0.394 e. The van der Waals surface area contributed by atoms with Gasteiger partial charge < -0.3 is 10.0 Å². The average Bonchev–Trinajstić information content (AvgIpc) is 2.64. The molecule has 3 nitrogen and oxygen atoms in total. The van der Waals surface area contributed by atoms with E-state index in [1.165, 1.54) is 0 Å². The summed E-state index contributed by atoms with van der Waals surface area (Å²) in [5.74, 6) is 0.531. The maximum absolute atomic E-state index is 12.2. The van der Waals surface area contributed by atoms with Crippen molar-refractivity contribution in [2.45, 2.75) is 32.9 Å². The van der Waals surface area contributed by atoms with Gasteiger partial charge in [0, 0.05) is 12.1 Å². The zero-order valence-electron chi connectivity index (χ0n) is 10.4. The van der Waals surface area contributed by atoms with Crippen molar-refractivity contribution in [1.82, 2.24) is 4.90 Å². The summed E-state index contributed by atoms with van der Waals surface area (Å²) in [7, 11) is 0. The SMILES string of the molecule is CC(C)C[C@@H](CO)N1Cc2ccccc2C1=O. The average molecular weight is 233 g/mol. The van der Waals surface area contributed by atoms with Gasteiger partial charge in [-0.05, 0) is 24.0 Å². The Kier molecular flexibility index (Phi) is 3.48. The number of hydrogen-bond acceptors (Lipinski definition) is 2. The number of aliphatic hydroxyl groups is 1. The van der Waals surface area contributed by atoms with Gasteiger partial charge in [0.2, 0.25) is 0 Å². The van der Waals surface area contributed by atoms with Crippen molar-refractivity contribution in [2.75, 3.05) is 6.61 Å². The fourth-order valence-electron chi connectivity index (χ4n) is 2.42. The fourth-order valence-corrected chi connectivity index (χ4v) is 2.42. The molecule has 17 heavy (non-hydrogen) atoms. The molecule has 0 radical (unpaired) electrons. The first-order chi connectivity index (χ1) is 8.13. The van der Waals surface area contributed by atoms with Crippen LogP contribution >= 0.6 is 0 Å². The predicted molar refractivity (Wildman–Crippen MR) is 66.6 cm³/mol. The molecule has 2 rings (SSSR count). The number of benzene rings is 1. The lowest BCUT2D eigenvalue weighted by Crippen LogP contribution is -2.39. The predicted octanol–water partition coefficient (Wildman–Crippen LogP) is 2.05. The van der Waals surface area contributed by atoms with Gasteiger partial charge in [-0.2, -0.15) is 0 Å². The van der Waals surface area contributed by atoms with Gasteiger partial charge in [0.1, 0.15) is 0 Å². The van der Waals surface area contributed by atoms with Gasteiger partial charge in [0.25, 0.3) is 5.91 Å². The second kappa shape index (κ2) is 4.88. The molecule has 0 saturated carbocycles. The quantitative estimate of drug-likeness (QED) is 0.864. The number of hydrogen-bond donors (Lipinski definition) is 1. The fraction of sp³-hybridized carbons (Fsp3) is 0.500. The topological polar surface area (TPSA) is 40.5 Å². The maximum atomic E-state index is 12.2. The number of aliphatic hydroxyl groups excluding tert-OH is 1.